The van der Waals surface area contributed by atoms with Crippen molar-refractivity contribution >= 4 is 5.97 Å². The van der Waals surface area contributed by atoms with Crippen LogP contribution in [0.25, 0.3) is 0 Å². The molecule has 2 aliphatic heterocycles. The van der Waals surface area contributed by atoms with Gasteiger partial charge in [0.15, 0.2) is 0 Å². The Labute approximate surface area is 151 Å². The summed E-state index contributed by atoms with van der Waals surface area (Å²) in [7, 11) is 0. The van der Waals surface area contributed by atoms with Gasteiger partial charge in [-0.25, -0.2) is 14.3 Å². The zero-order valence-electron chi connectivity index (χ0n) is 14.8. The van der Waals surface area contributed by atoms with Crippen LogP contribution >= 0.6 is 0 Å². The normalized spacial score (nSPS) is 20.2. The third kappa shape index (κ3) is 3.31. The van der Waals surface area contributed by atoms with Crippen LogP contribution in [0.2, 0.25) is 0 Å². The van der Waals surface area contributed by atoms with Crippen LogP contribution in [0.1, 0.15) is 53.5 Å². The largest absolute Gasteiger partial charge is 0.478 e. The van der Waals surface area contributed by atoms with Gasteiger partial charge in [-0.05, 0) is 56.5 Å². The second-order valence-corrected chi connectivity index (χ2v) is 7.28. The molecular formula is C19H24N4O3. The van der Waals surface area contributed by atoms with Crippen LogP contribution in [0.3, 0.4) is 0 Å². The fraction of sp³-hybridized carbons (Fsp3) is 0.526. The molecule has 2 aliphatic rings. The molecule has 1 atom stereocenters. The molecule has 0 amide bonds. The van der Waals surface area contributed by atoms with Gasteiger partial charge in [0.2, 0.25) is 0 Å². The fourth-order valence-electron chi connectivity index (χ4n) is 4.09. The summed E-state index contributed by atoms with van der Waals surface area (Å²) < 4.78 is 3.42. The maximum atomic E-state index is 12.9. The molecule has 3 heterocycles. The van der Waals surface area contributed by atoms with Crippen molar-refractivity contribution in [2.24, 2.45) is 0 Å². The summed E-state index contributed by atoms with van der Waals surface area (Å²) in [6, 6.07) is 6.84. The van der Waals surface area contributed by atoms with Crippen molar-refractivity contribution in [3.63, 3.8) is 0 Å². The molecule has 4 rings (SSSR count). The summed E-state index contributed by atoms with van der Waals surface area (Å²) in [5.41, 5.74) is 1.07. The lowest BCUT2D eigenvalue weighted by atomic mass is 10.0. The van der Waals surface area contributed by atoms with Gasteiger partial charge in [0.05, 0.1) is 18.2 Å². The molecule has 0 spiro atoms. The Hall–Kier alpha value is -2.41. The molecule has 7 nitrogen and oxygen atoms in total. The number of aromatic nitrogens is 3. The summed E-state index contributed by atoms with van der Waals surface area (Å²) in [5, 5.41) is 13.6. The zero-order chi connectivity index (χ0) is 18.1. The maximum Gasteiger partial charge on any atom is 0.346 e. The fourth-order valence-corrected chi connectivity index (χ4v) is 4.09. The number of carbonyl (C=O) groups is 1. The summed E-state index contributed by atoms with van der Waals surface area (Å²) in [6.45, 7) is 3.57. The minimum absolute atomic E-state index is 0.0498. The standard InChI is InChI=1S/C19H24N4O3/c24-18(25)15-8-6-14(7-9-15)12-22-19(26)23-16(4-3-5-17(23)20-22)13-21-10-1-2-11-21/h6-9,16H,1-5,10-13H2,(H,24,25). The highest BCUT2D eigenvalue weighted by Crippen LogP contribution is 2.24. The van der Waals surface area contributed by atoms with E-state index >= 15 is 0 Å². The minimum Gasteiger partial charge on any atom is -0.478 e. The van der Waals surface area contributed by atoms with E-state index in [1.165, 1.54) is 17.5 Å². The van der Waals surface area contributed by atoms with Crippen molar-refractivity contribution in [3.8, 4) is 0 Å². The SMILES string of the molecule is O=C(O)c1ccc(Cn2nc3n(c2=O)C(CN2CCCC2)CCC3)cc1. The number of fused-ring (bicyclic) bond motifs is 1. The van der Waals surface area contributed by atoms with Crippen molar-refractivity contribution < 1.29 is 9.90 Å². The molecule has 1 N–H and O–H groups in total. The van der Waals surface area contributed by atoms with E-state index in [2.05, 4.69) is 10.00 Å². The number of likely N-dealkylation sites (tertiary alicyclic amines) is 1. The van der Waals surface area contributed by atoms with Crippen LogP contribution in [-0.4, -0.2) is 50.0 Å². The van der Waals surface area contributed by atoms with Gasteiger partial charge in [0, 0.05) is 13.0 Å². The summed E-state index contributed by atoms with van der Waals surface area (Å²) in [5.74, 6) is -0.0662. The van der Waals surface area contributed by atoms with E-state index in [-0.39, 0.29) is 17.3 Å². The predicted molar refractivity (Wildman–Crippen MR) is 96.6 cm³/mol. The lowest BCUT2D eigenvalue weighted by Gasteiger charge is -2.27. The van der Waals surface area contributed by atoms with Crippen LogP contribution in [0.5, 0.6) is 0 Å². The number of carboxylic acids is 1. The highest BCUT2D eigenvalue weighted by atomic mass is 16.4. The average molecular weight is 356 g/mol. The van der Waals surface area contributed by atoms with Gasteiger partial charge < -0.3 is 10.0 Å². The van der Waals surface area contributed by atoms with Crippen LogP contribution in [0.15, 0.2) is 29.1 Å². The molecule has 0 saturated carbocycles. The molecule has 7 heteroatoms. The first-order chi connectivity index (χ1) is 12.6. The van der Waals surface area contributed by atoms with Gasteiger partial charge in [0.25, 0.3) is 0 Å². The van der Waals surface area contributed by atoms with Gasteiger partial charge in [-0.3, -0.25) is 4.57 Å². The van der Waals surface area contributed by atoms with E-state index in [9.17, 15) is 9.59 Å². The first-order valence-electron chi connectivity index (χ1n) is 9.34. The van der Waals surface area contributed by atoms with Gasteiger partial charge in [-0.15, -0.1) is 0 Å². The van der Waals surface area contributed by atoms with Crippen molar-refractivity contribution in [1.82, 2.24) is 19.2 Å². The number of aryl methyl sites for hydroxylation is 1. The Balaban J connectivity index is 1.56. The molecule has 2 aromatic rings. The molecule has 1 aromatic heterocycles. The second kappa shape index (κ2) is 7.07. The molecular weight excluding hydrogens is 332 g/mol. The number of carboxylic acid groups (broad SMARTS) is 1. The Kier molecular flexibility index (Phi) is 4.63. The van der Waals surface area contributed by atoms with Crippen LogP contribution in [0.4, 0.5) is 0 Å². The molecule has 1 fully saturated rings. The monoisotopic (exact) mass is 356 g/mol. The van der Waals surface area contributed by atoms with E-state index in [0.29, 0.717) is 6.54 Å². The first-order valence-corrected chi connectivity index (χ1v) is 9.34. The highest BCUT2D eigenvalue weighted by molar-refractivity contribution is 5.87. The number of aromatic carboxylic acids is 1. The van der Waals surface area contributed by atoms with Crippen molar-refractivity contribution in [3.05, 3.63) is 51.7 Å². The first kappa shape index (κ1) is 17.0. The molecule has 1 unspecified atom stereocenters. The van der Waals surface area contributed by atoms with Crippen molar-refractivity contribution in [1.29, 1.82) is 0 Å². The van der Waals surface area contributed by atoms with Crippen LogP contribution < -0.4 is 5.69 Å². The predicted octanol–water partition coefficient (Wildman–Crippen LogP) is 1.76. The smallest absolute Gasteiger partial charge is 0.346 e. The lowest BCUT2D eigenvalue weighted by molar-refractivity contribution is 0.0697. The third-order valence-electron chi connectivity index (χ3n) is 5.44. The van der Waals surface area contributed by atoms with Crippen LogP contribution in [0, 0.1) is 0 Å². The van der Waals surface area contributed by atoms with Crippen LogP contribution in [-0.2, 0) is 13.0 Å². The Morgan fingerprint density at radius 3 is 2.58 bits per heavy atom. The Morgan fingerprint density at radius 1 is 1.15 bits per heavy atom. The van der Waals surface area contributed by atoms with E-state index in [1.807, 2.05) is 4.57 Å². The number of rotatable bonds is 5. The summed E-state index contributed by atoms with van der Waals surface area (Å²) >= 11 is 0. The second-order valence-electron chi connectivity index (χ2n) is 7.28. The summed E-state index contributed by atoms with van der Waals surface area (Å²) in [6.07, 6.45) is 5.45. The highest BCUT2D eigenvalue weighted by Gasteiger charge is 2.27. The van der Waals surface area contributed by atoms with E-state index in [0.717, 1.165) is 50.3 Å². The van der Waals surface area contributed by atoms with Crippen molar-refractivity contribution in [2.75, 3.05) is 19.6 Å². The van der Waals surface area contributed by atoms with E-state index in [4.69, 9.17) is 5.11 Å². The van der Waals surface area contributed by atoms with E-state index < -0.39 is 5.97 Å². The third-order valence-corrected chi connectivity index (χ3v) is 5.44. The quantitative estimate of drug-likeness (QED) is 0.883. The maximum absolute atomic E-state index is 12.9. The van der Waals surface area contributed by atoms with Gasteiger partial charge in [-0.1, -0.05) is 12.1 Å². The Bertz CT molecular complexity index is 847. The van der Waals surface area contributed by atoms with Gasteiger partial charge >= 0.3 is 11.7 Å². The molecule has 1 aromatic carbocycles. The molecule has 0 radical (unpaired) electrons. The molecule has 26 heavy (non-hydrogen) atoms. The molecule has 0 aliphatic carbocycles. The van der Waals surface area contributed by atoms with Gasteiger partial charge in [-0.2, -0.15) is 5.10 Å². The average Bonchev–Trinajstić information content (AvgIpc) is 3.25. The summed E-state index contributed by atoms with van der Waals surface area (Å²) in [4.78, 5) is 26.3. The lowest BCUT2D eigenvalue weighted by Crippen LogP contribution is -2.37. The topological polar surface area (TPSA) is 80.4 Å². The number of benzene rings is 1. The van der Waals surface area contributed by atoms with Gasteiger partial charge in [0.1, 0.15) is 5.82 Å². The number of nitrogens with zero attached hydrogens (tertiary/aromatic N) is 4. The number of hydrogen-bond donors (Lipinski definition) is 1. The Morgan fingerprint density at radius 2 is 1.88 bits per heavy atom. The minimum atomic E-state index is -0.948. The number of hydrogen-bond acceptors (Lipinski definition) is 4. The molecule has 138 valence electrons. The van der Waals surface area contributed by atoms with Crippen molar-refractivity contribution in [2.45, 2.75) is 44.7 Å². The van der Waals surface area contributed by atoms with E-state index in [1.54, 1.807) is 24.3 Å². The molecule has 1 saturated heterocycles. The molecule has 0 bridgehead atoms. The zero-order valence-corrected chi connectivity index (χ0v) is 14.8.